The average Bonchev–Trinajstić information content (AvgIpc) is 2.80. The molecule has 1 atom stereocenters. The van der Waals surface area contributed by atoms with Crippen LogP contribution in [0.25, 0.3) is 10.8 Å². The van der Waals surface area contributed by atoms with E-state index in [2.05, 4.69) is 0 Å². The molecule has 1 aliphatic heterocycles. The summed E-state index contributed by atoms with van der Waals surface area (Å²) in [7, 11) is 0. The lowest BCUT2D eigenvalue weighted by Crippen LogP contribution is -2.24. The van der Waals surface area contributed by atoms with Gasteiger partial charge in [-0.25, -0.2) is 9.18 Å². The monoisotopic (exact) mass is 292 g/mol. The molecule has 0 radical (unpaired) electrons. The second-order valence-corrected chi connectivity index (χ2v) is 5.61. The van der Waals surface area contributed by atoms with Gasteiger partial charge in [-0.2, -0.15) is 0 Å². The van der Waals surface area contributed by atoms with Gasteiger partial charge in [-0.3, -0.25) is 0 Å². The van der Waals surface area contributed by atoms with Crippen LogP contribution in [0.1, 0.15) is 28.4 Å². The second kappa shape index (κ2) is 4.41. The smallest absolute Gasteiger partial charge is 0.339 e. The van der Waals surface area contributed by atoms with Crippen LogP contribution in [0.3, 0.4) is 0 Å². The average molecular weight is 292 g/mol. The van der Waals surface area contributed by atoms with Crippen molar-refractivity contribution in [3.05, 3.63) is 83.2 Å². The Balaban J connectivity index is 2.05. The van der Waals surface area contributed by atoms with Gasteiger partial charge in [-0.05, 0) is 24.4 Å². The highest BCUT2D eigenvalue weighted by atomic mass is 19.1. The van der Waals surface area contributed by atoms with Crippen molar-refractivity contribution in [3.63, 3.8) is 0 Å². The molecule has 0 aliphatic carbocycles. The first-order valence-corrected chi connectivity index (χ1v) is 7.12. The maximum atomic E-state index is 14.0. The highest BCUT2D eigenvalue weighted by Gasteiger charge is 2.43. The minimum atomic E-state index is -0.902. The molecule has 0 aromatic heterocycles. The molecule has 0 unspecified atom stereocenters. The maximum absolute atomic E-state index is 14.0. The largest absolute Gasteiger partial charge is 0.446 e. The number of esters is 1. The summed E-state index contributed by atoms with van der Waals surface area (Å²) in [6, 6.07) is 17.7. The quantitative estimate of drug-likeness (QED) is 0.621. The first kappa shape index (κ1) is 13.0. The third-order valence-electron chi connectivity index (χ3n) is 4.34. The molecule has 0 amide bonds. The van der Waals surface area contributed by atoms with E-state index in [1.54, 1.807) is 24.3 Å². The first-order valence-electron chi connectivity index (χ1n) is 7.12. The maximum Gasteiger partial charge on any atom is 0.339 e. The van der Waals surface area contributed by atoms with Crippen LogP contribution in [0, 0.1) is 5.82 Å². The number of carbonyl (C=O) groups excluding carboxylic acids is 1. The fourth-order valence-corrected chi connectivity index (χ4v) is 3.25. The molecule has 3 aromatic rings. The summed E-state index contributed by atoms with van der Waals surface area (Å²) in [5.74, 6) is -0.618. The fourth-order valence-electron chi connectivity index (χ4n) is 3.25. The van der Waals surface area contributed by atoms with Crippen LogP contribution in [0.15, 0.2) is 60.7 Å². The van der Waals surface area contributed by atoms with E-state index in [-0.39, 0.29) is 11.8 Å². The Morgan fingerprint density at radius 1 is 0.864 bits per heavy atom. The lowest BCUT2D eigenvalue weighted by molar-refractivity contribution is 0.0185. The van der Waals surface area contributed by atoms with Crippen molar-refractivity contribution in [2.45, 2.75) is 12.5 Å². The Bertz CT molecular complexity index is 916. The molecule has 1 aliphatic rings. The van der Waals surface area contributed by atoms with Crippen molar-refractivity contribution in [3.8, 4) is 0 Å². The summed E-state index contributed by atoms with van der Waals surface area (Å²) in [6.07, 6.45) is 0. The van der Waals surface area contributed by atoms with Crippen molar-refractivity contribution in [1.29, 1.82) is 0 Å². The zero-order valence-electron chi connectivity index (χ0n) is 12.0. The third-order valence-corrected chi connectivity index (χ3v) is 4.34. The molecule has 1 heterocycles. The molecule has 0 fully saturated rings. The van der Waals surface area contributed by atoms with Crippen LogP contribution in [0.5, 0.6) is 0 Å². The van der Waals surface area contributed by atoms with Crippen LogP contribution < -0.4 is 0 Å². The number of ether oxygens (including phenoxy) is 1. The topological polar surface area (TPSA) is 26.3 Å². The Morgan fingerprint density at radius 3 is 2.36 bits per heavy atom. The van der Waals surface area contributed by atoms with Gasteiger partial charge in [0, 0.05) is 16.5 Å². The third kappa shape index (κ3) is 1.62. The van der Waals surface area contributed by atoms with Gasteiger partial charge < -0.3 is 4.74 Å². The van der Waals surface area contributed by atoms with Crippen molar-refractivity contribution in [2.75, 3.05) is 0 Å². The van der Waals surface area contributed by atoms with E-state index >= 15 is 0 Å². The summed E-state index contributed by atoms with van der Waals surface area (Å²) in [4.78, 5) is 12.2. The first-order chi connectivity index (χ1) is 10.6. The van der Waals surface area contributed by atoms with Gasteiger partial charge in [-0.15, -0.1) is 0 Å². The van der Waals surface area contributed by atoms with Gasteiger partial charge in [0.1, 0.15) is 5.82 Å². The predicted octanol–water partition coefficient (Wildman–Crippen LogP) is 4.41. The molecule has 4 rings (SSSR count). The van der Waals surface area contributed by atoms with Crippen LogP contribution >= 0.6 is 0 Å². The number of rotatable bonds is 1. The van der Waals surface area contributed by atoms with Crippen LogP contribution in [0.2, 0.25) is 0 Å². The van der Waals surface area contributed by atoms with E-state index in [1.807, 2.05) is 37.3 Å². The zero-order valence-corrected chi connectivity index (χ0v) is 12.0. The summed E-state index contributed by atoms with van der Waals surface area (Å²) in [5.41, 5.74) is 1.28. The van der Waals surface area contributed by atoms with E-state index in [9.17, 15) is 9.18 Å². The Morgan fingerprint density at radius 2 is 1.55 bits per heavy atom. The second-order valence-electron chi connectivity index (χ2n) is 5.61. The number of carbonyl (C=O) groups is 1. The molecule has 108 valence electrons. The Kier molecular flexibility index (Phi) is 2.61. The van der Waals surface area contributed by atoms with E-state index in [4.69, 9.17) is 4.74 Å². The number of cyclic esters (lactones) is 1. The van der Waals surface area contributed by atoms with Gasteiger partial charge in [0.05, 0.1) is 5.56 Å². The van der Waals surface area contributed by atoms with Crippen LogP contribution in [0.4, 0.5) is 4.39 Å². The molecular weight excluding hydrogens is 279 g/mol. The van der Waals surface area contributed by atoms with Gasteiger partial charge in [-0.1, -0.05) is 48.5 Å². The molecule has 0 spiro atoms. The lowest BCUT2D eigenvalue weighted by atomic mass is 9.84. The minimum absolute atomic E-state index is 0.277. The molecule has 2 nitrogen and oxygen atoms in total. The van der Waals surface area contributed by atoms with Gasteiger partial charge in [0.25, 0.3) is 0 Å². The van der Waals surface area contributed by atoms with E-state index < -0.39 is 5.60 Å². The molecule has 3 heteroatoms. The summed E-state index contributed by atoms with van der Waals surface area (Å²) >= 11 is 0. The van der Waals surface area contributed by atoms with Crippen molar-refractivity contribution < 1.29 is 13.9 Å². The number of benzene rings is 3. The van der Waals surface area contributed by atoms with Crippen molar-refractivity contribution in [2.24, 2.45) is 0 Å². The fraction of sp³-hybridized carbons (Fsp3) is 0.105. The van der Waals surface area contributed by atoms with Crippen LogP contribution in [-0.2, 0) is 10.3 Å². The number of halogens is 1. The minimum Gasteiger partial charge on any atom is -0.446 e. The van der Waals surface area contributed by atoms with Gasteiger partial charge in [0.15, 0.2) is 5.60 Å². The number of fused-ring (bicyclic) bond motifs is 2. The highest BCUT2D eigenvalue weighted by molar-refractivity contribution is 5.97. The van der Waals surface area contributed by atoms with E-state index in [0.717, 1.165) is 16.5 Å². The van der Waals surface area contributed by atoms with Gasteiger partial charge in [0.2, 0.25) is 0 Å². The molecule has 0 bridgehead atoms. The summed E-state index contributed by atoms with van der Waals surface area (Å²) < 4.78 is 19.7. The Hall–Kier alpha value is -2.68. The standard InChI is InChI=1S/C19H13FO2/c1-19(15-9-5-4-8-14(15)18(21)22-19)16-10-11-17(20)13-7-3-2-6-12(13)16/h2-11H,1H3/t19-/m0/s1. The molecular formula is C19H13FO2. The van der Waals surface area contributed by atoms with E-state index in [1.165, 1.54) is 6.07 Å². The zero-order chi connectivity index (χ0) is 15.3. The molecule has 0 saturated carbocycles. The summed E-state index contributed by atoms with van der Waals surface area (Å²) in [5, 5.41) is 1.29. The lowest BCUT2D eigenvalue weighted by Gasteiger charge is -2.26. The van der Waals surface area contributed by atoms with Crippen molar-refractivity contribution >= 4 is 16.7 Å². The normalized spacial score (nSPS) is 20.0. The Labute approximate surface area is 127 Å². The van der Waals surface area contributed by atoms with Gasteiger partial charge >= 0.3 is 5.97 Å². The van der Waals surface area contributed by atoms with Crippen molar-refractivity contribution in [1.82, 2.24) is 0 Å². The molecule has 0 N–H and O–H groups in total. The molecule has 3 aromatic carbocycles. The number of hydrogen-bond acceptors (Lipinski definition) is 2. The van der Waals surface area contributed by atoms with Crippen LogP contribution in [-0.4, -0.2) is 5.97 Å². The summed E-state index contributed by atoms with van der Waals surface area (Å²) in [6.45, 7) is 1.86. The highest BCUT2D eigenvalue weighted by Crippen LogP contribution is 2.44. The SMILES string of the molecule is C[C@]1(c2ccc(F)c3ccccc23)OC(=O)c2ccccc21. The molecule has 0 saturated heterocycles. The number of hydrogen-bond donors (Lipinski definition) is 0. The predicted molar refractivity (Wildman–Crippen MR) is 82.2 cm³/mol. The molecule has 22 heavy (non-hydrogen) atoms. The van der Waals surface area contributed by atoms with E-state index in [0.29, 0.717) is 10.9 Å².